The summed E-state index contributed by atoms with van der Waals surface area (Å²) >= 11 is 0. The quantitative estimate of drug-likeness (QED) is 0.869. The highest BCUT2D eigenvalue weighted by atomic mass is 19.1. The summed E-state index contributed by atoms with van der Waals surface area (Å²) in [4.78, 5) is 0. The van der Waals surface area contributed by atoms with Gasteiger partial charge >= 0.3 is 0 Å². The van der Waals surface area contributed by atoms with E-state index in [1.165, 1.54) is 6.07 Å². The van der Waals surface area contributed by atoms with Crippen molar-refractivity contribution in [2.75, 3.05) is 6.54 Å². The van der Waals surface area contributed by atoms with Crippen molar-refractivity contribution in [3.05, 3.63) is 71.5 Å². The summed E-state index contributed by atoms with van der Waals surface area (Å²) in [7, 11) is 0. The molecular weight excluding hydrogens is 229 g/mol. The van der Waals surface area contributed by atoms with E-state index in [1.807, 2.05) is 30.3 Å². The van der Waals surface area contributed by atoms with Crippen LogP contribution in [-0.4, -0.2) is 11.7 Å². The van der Waals surface area contributed by atoms with Gasteiger partial charge < -0.3 is 10.8 Å². The lowest BCUT2D eigenvalue weighted by Crippen LogP contribution is -2.21. The highest BCUT2D eigenvalue weighted by Crippen LogP contribution is 2.31. The molecular formula is C15H16FNO. The molecule has 0 heterocycles. The van der Waals surface area contributed by atoms with Gasteiger partial charge in [-0.25, -0.2) is 4.39 Å². The van der Waals surface area contributed by atoms with Gasteiger partial charge in [-0.05, 0) is 17.2 Å². The van der Waals surface area contributed by atoms with Crippen LogP contribution in [0.2, 0.25) is 0 Å². The Morgan fingerprint density at radius 3 is 2.22 bits per heavy atom. The first-order valence-corrected chi connectivity index (χ1v) is 5.91. The Hall–Kier alpha value is -1.71. The molecule has 3 heteroatoms. The molecule has 2 atom stereocenters. The zero-order chi connectivity index (χ0) is 13.0. The molecule has 0 saturated carbocycles. The average molecular weight is 245 g/mol. The fraction of sp³-hybridized carbons (Fsp3) is 0.200. The van der Waals surface area contributed by atoms with Crippen molar-refractivity contribution in [1.29, 1.82) is 0 Å². The van der Waals surface area contributed by atoms with Crippen LogP contribution in [0.1, 0.15) is 23.1 Å². The summed E-state index contributed by atoms with van der Waals surface area (Å²) in [6.07, 6.45) is -0.798. The Kier molecular flexibility index (Phi) is 4.07. The third kappa shape index (κ3) is 2.58. The van der Waals surface area contributed by atoms with Crippen molar-refractivity contribution in [3.63, 3.8) is 0 Å². The van der Waals surface area contributed by atoms with Gasteiger partial charge in [0, 0.05) is 12.5 Å². The Bertz CT molecular complexity index is 501. The fourth-order valence-electron chi connectivity index (χ4n) is 2.08. The van der Waals surface area contributed by atoms with E-state index >= 15 is 0 Å². The van der Waals surface area contributed by atoms with Crippen LogP contribution in [-0.2, 0) is 0 Å². The molecule has 0 amide bonds. The van der Waals surface area contributed by atoms with Gasteiger partial charge in [0.15, 0.2) is 0 Å². The predicted molar refractivity (Wildman–Crippen MR) is 69.6 cm³/mol. The van der Waals surface area contributed by atoms with E-state index in [9.17, 15) is 9.50 Å². The largest absolute Gasteiger partial charge is 0.388 e. The summed E-state index contributed by atoms with van der Waals surface area (Å²) in [5.41, 5.74) is 6.89. The topological polar surface area (TPSA) is 46.2 Å². The molecule has 18 heavy (non-hydrogen) atoms. The second kappa shape index (κ2) is 5.76. The van der Waals surface area contributed by atoms with Gasteiger partial charge in [-0.3, -0.25) is 0 Å². The van der Waals surface area contributed by atoms with Crippen LogP contribution in [0.3, 0.4) is 0 Å². The lowest BCUT2D eigenvalue weighted by Gasteiger charge is -2.22. The summed E-state index contributed by atoms with van der Waals surface area (Å²) in [6, 6.07) is 15.6. The third-order valence-electron chi connectivity index (χ3n) is 3.08. The zero-order valence-corrected chi connectivity index (χ0v) is 9.96. The Balaban J connectivity index is 2.32. The molecule has 0 radical (unpaired) electrons. The molecule has 2 unspecified atom stereocenters. The molecule has 3 N–H and O–H groups in total. The SMILES string of the molecule is NCC(c1ccccc1F)C(O)c1ccccc1. The smallest absolute Gasteiger partial charge is 0.126 e. The molecule has 0 aromatic heterocycles. The van der Waals surface area contributed by atoms with E-state index in [0.29, 0.717) is 5.56 Å². The van der Waals surface area contributed by atoms with Gasteiger partial charge in [0.2, 0.25) is 0 Å². The van der Waals surface area contributed by atoms with E-state index in [0.717, 1.165) is 5.56 Å². The van der Waals surface area contributed by atoms with Gasteiger partial charge in [-0.1, -0.05) is 48.5 Å². The van der Waals surface area contributed by atoms with E-state index in [-0.39, 0.29) is 12.4 Å². The molecule has 2 aromatic carbocycles. The summed E-state index contributed by atoms with van der Waals surface area (Å²) in [6.45, 7) is 0.191. The molecule has 0 saturated heterocycles. The Morgan fingerprint density at radius 1 is 1.00 bits per heavy atom. The fourth-order valence-corrected chi connectivity index (χ4v) is 2.08. The molecule has 94 valence electrons. The maximum absolute atomic E-state index is 13.7. The van der Waals surface area contributed by atoms with E-state index in [4.69, 9.17) is 5.73 Å². The van der Waals surface area contributed by atoms with Crippen LogP contribution in [0.5, 0.6) is 0 Å². The normalized spacial score (nSPS) is 14.2. The van der Waals surface area contributed by atoms with Gasteiger partial charge in [0.1, 0.15) is 5.82 Å². The lowest BCUT2D eigenvalue weighted by molar-refractivity contribution is 0.145. The number of aliphatic hydroxyl groups is 1. The van der Waals surface area contributed by atoms with E-state index in [1.54, 1.807) is 18.2 Å². The van der Waals surface area contributed by atoms with Crippen molar-refractivity contribution in [2.45, 2.75) is 12.0 Å². The number of hydrogen-bond donors (Lipinski definition) is 2. The first-order valence-electron chi connectivity index (χ1n) is 5.91. The van der Waals surface area contributed by atoms with Crippen molar-refractivity contribution in [3.8, 4) is 0 Å². The zero-order valence-electron chi connectivity index (χ0n) is 9.96. The maximum Gasteiger partial charge on any atom is 0.126 e. The van der Waals surface area contributed by atoms with Gasteiger partial charge in [0.25, 0.3) is 0 Å². The molecule has 0 bridgehead atoms. The summed E-state index contributed by atoms with van der Waals surface area (Å²) in [5, 5.41) is 10.3. The first-order chi connectivity index (χ1) is 8.74. The van der Waals surface area contributed by atoms with E-state index in [2.05, 4.69) is 0 Å². The molecule has 0 fully saturated rings. The Labute approximate surface area is 106 Å². The highest BCUT2D eigenvalue weighted by Gasteiger charge is 2.23. The standard InChI is InChI=1S/C15H16FNO/c16-14-9-5-4-8-12(14)13(10-17)15(18)11-6-2-1-3-7-11/h1-9,13,15,18H,10,17H2. The second-order valence-electron chi connectivity index (χ2n) is 4.22. The summed E-state index contributed by atoms with van der Waals surface area (Å²) < 4.78 is 13.7. The predicted octanol–water partition coefficient (Wildman–Crippen LogP) is 2.60. The van der Waals surface area contributed by atoms with Crippen LogP contribution in [0, 0.1) is 5.82 Å². The number of halogens is 1. The second-order valence-corrected chi connectivity index (χ2v) is 4.22. The van der Waals surface area contributed by atoms with Crippen LogP contribution in [0.4, 0.5) is 4.39 Å². The molecule has 2 nitrogen and oxygen atoms in total. The summed E-state index contributed by atoms with van der Waals surface area (Å²) in [5.74, 6) is -0.767. The molecule has 2 aromatic rings. The number of nitrogens with two attached hydrogens (primary N) is 1. The minimum absolute atomic E-state index is 0.191. The molecule has 0 spiro atoms. The minimum Gasteiger partial charge on any atom is -0.388 e. The van der Waals surface area contributed by atoms with Gasteiger partial charge in [-0.2, -0.15) is 0 Å². The van der Waals surface area contributed by atoms with Crippen molar-refractivity contribution in [2.24, 2.45) is 5.73 Å². The monoisotopic (exact) mass is 245 g/mol. The average Bonchev–Trinajstić information content (AvgIpc) is 2.42. The number of hydrogen-bond acceptors (Lipinski definition) is 2. The van der Waals surface area contributed by atoms with E-state index < -0.39 is 12.0 Å². The molecule has 0 aliphatic carbocycles. The first kappa shape index (κ1) is 12.7. The molecule has 0 aliphatic rings. The molecule has 0 aliphatic heterocycles. The molecule has 2 rings (SSSR count). The van der Waals surface area contributed by atoms with Gasteiger partial charge in [-0.15, -0.1) is 0 Å². The van der Waals surface area contributed by atoms with Gasteiger partial charge in [0.05, 0.1) is 6.10 Å². The number of rotatable bonds is 4. The van der Waals surface area contributed by atoms with Crippen LogP contribution in [0.15, 0.2) is 54.6 Å². The maximum atomic E-state index is 13.7. The van der Waals surface area contributed by atoms with Crippen LogP contribution < -0.4 is 5.73 Å². The van der Waals surface area contributed by atoms with Crippen molar-refractivity contribution >= 4 is 0 Å². The third-order valence-corrected chi connectivity index (χ3v) is 3.08. The minimum atomic E-state index is -0.798. The van der Waals surface area contributed by atoms with Crippen molar-refractivity contribution < 1.29 is 9.50 Å². The highest BCUT2D eigenvalue weighted by molar-refractivity contribution is 5.28. The van der Waals surface area contributed by atoms with Crippen LogP contribution >= 0.6 is 0 Å². The number of benzene rings is 2. The lowest BCUT2D eigenvalue weighted by atomic mass is 9.89. The van der Waals surface area contributed by atoms with Crippen molar-refractivity contribution in [1.82, 2.24) is 0 Å². The Morgan fingerprint density at radius 2 is 1.61 bits per heavy atom. The van der Waals surface area contributed by atoms with Crippen LogP contribution in [0.25, 0.3) is 0 Å². The number of aliphatic hydroxyl groups excluding tert-OH is 1.